The van der Waals surface area contributed by atoms with E-state index in [0.29, 0.717) is 22.2 Å². The van der Waals surface area contributed by atoms with Crippen LogP contribution in [0.25, 0.3) is 0 Å². The van der Waals surface area contributed by atoms with Crippen molar-refractivity contribution in [1.29, 1.82) is 0 Å². The summed E-state index contributed by atoms with van der Waals surface area (Å²) in [7, 11) is 0. The first kappa shape index (κ1) is 31.3. The molecular formula is C36H61NO6. The lowest BCUT2D eigenvalue weighted by Crippen LogP contribution is -2.56. The van der Waals surface area contributed by atoms with Gasteiger partial charge < -0.3 is 29.2 Å². The molecule has 0 amide bonds. The normalized spacial score (nSPS) is 49.7. The fraction of sp³-hybridized carbons (Fsp3) is 1.00. The molecule has 0 aromatic carbocycles. The molecule has 5 aliphatic carbocycles. The molecule has 2 saturated heterocycles. The van der Waals surface area contributed by atoms with Crippen LogP contribution in [-0.4, -0.2) is 90.9 Å². The van der Waals surface area contributed by atoms with Crippen molar-refractivity contribution in [2.45, 2.75) is 142 Å². The standard InChI is InChI=1S/C36H61NO6/c1-7-40-18-16-37-17-19-41-30(21-37)43-29-12-13-36-22-35(36)15-14-34(6)24-8-10-26(31(38)33(4,5)39)42-27(24)20-25(34)23(35)9-11-28(36)32(29,2)3/h23-31,38-39H,7-22H2,1-6H3/t23?,24?,25?,26?,27?,28?,29-,30?,31-,34?,35-,36?/m0/s1. The quantitative estimate of drug-likeness (QED) is 0.360. The van der Waals surface area contributed by atoms with Gasteiger partial charge >= 0.3 is 0 Å². The van der Waals surface area contributed by atoms with Crippen molar-refractivity contribution in [1.82, 2.24) is 4.90 Å². The van der Waals surface area contributed by atoms with Gasteiger partial charge in [0, 0.05) is 26.2 Å². The van der Waals surface area contributed by atoms with Gasteiger partial charge in [0.15, 0.2) is 6.29 Å². The van der Waals surface area contributed by atoms with Crippen LogP contribution in [0.4, 0.5) is 0 Å². The van der Waals surface area contributed by atoms with Crippen molar-refractivity contribution in [3.63, 3.8) is 0 Å². The highest BCUT2D eigenvalue weighted by molar-refractivity contribution is 5.29. The molecule has 7 nitrogen and oxygen atoms in total. The number of hydrogen-bond acceptors (Lipinski definition) is 7. The molecule has 0 radical (unpaired) electrons. The SMILES string of the molecule is CCOCCN1CCOC(O[C@H]2CCC34C[C@]35CCC3(C)C6CCC([C@H](O)C(C)(C)O)OC6CC3C5CCC4C2(C)C)C1. The molecule has 246 valence electrons. The third kappa shape index (κ3) is 4.83. The summed E-state index contributed by atoms with van der Waals surface area (Å²) in [6.07, 6.45) is 11.7. The van der Waals surface area contributed by atoms with Crippen LogP contribution in [0.5, 0.6) is 0 Å². The van der Waals surface area contributed by atoms with Crippen molar-refractivity contribution >= 4 is 0 Å². The zero-order valence-electron chi connectivity index (χ0n) is 28.0. The first-order valence-corrected chi connectivity index (χ1v) is 18.0. The van der Waals surface area contributed by atoms with Gasteiger partial charge in [-0.05, 0) is 130 Å². The Morgan fingerprint density at radius 1 is 0.977 bits per heavy atom. The van der Waals surface area contributed by atoms with E-state index in [0.717, 1.165) is 82.9 Å². The van der Waals surface area contributed by atoms with Gasteiger partial charge in [0.25, 0.3) is 0 Å². The molecule has 43 heavy (non-hydrogen) atoms. The van der Waals surface area contributed by atoms with E-state index >= 15 is 0 Å². The van der Waals surface area contributed by atoms with Crippen molar-refractivity contribution in [3.8, 4) is 0 Å². The minimum atomic E-state index is -1.13. The lowest BCUT2D eigenvalue weighted by molar-refractivity contribution is -0.245. The molecule has 0 aromatic rings. The average molecular weight is 604 g/mol. The highest BCUT2D eigenvalue weighted by atomic mass is 16.7. The Morgan fingerprint density at radius 2 is 1.77 bits per heavy atom. The number of ether oxygens (including phenoxy) is 4. The number of hydrogen-bond donors (Lipinski definition) is 2. The van der Waals surface area contributed by atoms with Crippen LogP contribution >= 0.6 is 0 Å². The second kappa shape index (κ2) is 10.9. The molecular weight excluding hydrogens is 542 g/mol. The first-order valence-electron chi connectivity index (χ1n) is 18.0. The summed E-state index contributed by atoms with van der Waals surface area (Å²) < 4.78 is 25.3. The Morgan fingerprint density at radius 3 is 2.53 bits per heavy atom. The van der Waals surface area contributed by atoms with Gasteiger partial charge in [0.1, 0.15) is 6.10 Å². The highest BCUT2D eigenvalue weighted by Gasteiger charge is 2.80. The molecule has 2 spiro atoms. The third-order valence-electron chi connectivity index (χ3n) is 14.8. The lowest BCUT2D eigenvalue weighted by atomic mass is 9.46. The fourth-order valence-corrected chi connectivity index (χ4v) is 12.7. The largest absolute Gasteiger partial charge is 0.388 e. The minimum absolute atomic E-state index is 0.130. The van der Waals surface area contributed by atoms with E-state index in [9.17, 15) is 10.2 Å². The van der Waals surface area contributed by atoms with Crippen molar-refractivity contribution in [2.75, 3.05) is 39.5 Å². The van der Waals surface area contributed by atoms with Crippen LogP contribution in [0, 0.1) is 45.3 Å². The number of fused-ring (bicyclic) bond motifs is 4. The van der Waals surface area contributed by atoms with Gasteiger partial charge in [-0.2, -0.15) is 0 Å². The van der Waals surface area contributed by atoms with E-state index in [4.69, 9.17) is 18.9 Å². The van der Waals surface area contributed by atoms with Crippen LogP contribution in [0.2, 0.25) is 0 Å². The topological polar surface area (TPSA) is 80.6 Å². The van der Waals surface area contributed by atoms with Crippen molar-refractivity contribution < 1.29 is 29.2 Å². The van der Waals surface area contributed by atoms with E-state index in [1.54, 1.807) is 13.8 Å². The number of nitrogens with zero attached hydrogens (tertiary/aromatic N) is 1. The van der Waals surface area contributed by atoms with Crippen LogP contribution in [0.3, 0.4) is 0 Å². The molecule has 7 rings (SSSR count). The van der Waals surface area contributed by atoms with Crippen molar-refractivity contribution in [3.05, 3.63) is 0 Å². The van der Waals surface area contributed by atoms with Gasteiger partial charge in [-0.15, -0.1) is 0 Å². The van der Waals surface area contributed by atoms with Crippen LogP contribution in [0.15, 0.2) is 0 Å². The molecule has 2 aliphatic heterocycles. The molecule has 9 unspecified atom stereocenters. The predicted molar refractivity (Wildman–Crippen MR) is 165 cm³/mol. The molecule has 2 N–H and O–H groups in total. The Hall–Kier alpha value is -0.280. The number of aliphatic hydroxyl groups excluding tert-OH is 1. The molecule has 2 heterocycles. The predicted octanol–water partition coefficient (Wildman–Crippen LogP) is 5.40. The monoisotopic (exact) mass is 603 g/mol. The van der Waals surface area contributed by atoms with Crippen LogP contribution in [0.1, 0.15) is 106 Å². The minimum Gasteiger partial charge on any atom is -0.388 e. The molecule has 7 aliphatic rings. The Labute approximate surface area is 260 Å². The first-order chi connectivity index (χ1) is 20.4. The summed E-state index contributed by atoms with van der Waals surface area (Å²) in [5.74, 6) is 2.85. The number of aliphatic hydroxyl groups is 2. The number of morpholine rings is 1. The molecule has 0 bridgehead atoms. The number of rotatable bonds is 8. The molecule has 7 fully saturated rings. The average Bonchev–Trinajstić information content (AvgIpc) is 3.54. The van der Waals surface area contributed by atoms with Crippen LogP contribution in [-0.2, 0) is 18.9 Å². The van der Waals surface area contributed by atoms with E-state index in [2.05, 4.69) is 32.6 Å². The Balaban J connectivity index is 1.03. The summed E-state index contributed by atoms with van der Waals surface area (Å²) in [4.78, 5) is 2.44. The maximum Gasteiger partial charge on any atom is 0.170 e. The van der Waals surface area contributed by atoms with Gasteiger partial charge in [0.2, 0.25) is 0 Å². The highest BCUT2D eigenvalue weighted by Crippen LogP contribution is 2.87. The van der Waals surface area contributed by atoms with Gasteiger partial charge in [-0.1, -0.05) is 20.8 Å². The van der Waals surface area contributed by atoms with Crippen LogP contribution < -0.4 is 0 Å². The second-order valence-electron chi connectivity index (χ2n) is 17.4. The second-order valence-corrected chi connectivity index (χ2v) is 17.4. The molecule has 12 atom stereocenters. The molecule has 5 saturated carbocycles. The summed E-state index contributed by atoms with van der Waals surface area (Å²) in [6.45, 7) is 18.2. The molecule has 0 aromatic heterocycles. The Bertz CT molecular complexity index is 1030. The summed E-state index contributed by atoms with van der Waals surface area (Å²) >= 11 is 0. The maximum atomic E-state index is 10.8. The van der Waals surface area contributed by atoms with E-state index in [1.807, 2.05) is 0 Å². The maximum absolute atomic E-state index is 10.8. The van der Waals surface area contributed by atoms with E-state index < -0.39 is 11.7 Å². The lowest BCUT2D eigenvalue weighted by Gasteiger charge is -2.60. The van der Waals surface area contributed by atoms with Gasteiger partial charge in [-0.3, -0.25) is 4.90 Å². The zero-order chi connectivity index (χ0) is 30.4. The van der Waals surface area contributed by atoms with Gasteiger partial charge in [0.05, 0.1) is 37.1 Å². The molecule has 7 heteroatoms. The van der Waals surface area contributed by atoms with E-state index in [1.165, 1.54) is 38.5 Å². The summed E-state index contributed by atoms with van der Waals surface area (Å²) in [5.41, 5.74) is 0.379. The Kier molecular flexibility index (Phi) is 7.93. The zero-order valence-corrected chi connectivity index (χ0v) is 28.0. The van der Waals surface area contributed by atoms with Crippen molar-refractivity contribution in [2.24, 2.45) is 45.3 Å². The fourth-order valence-electron chi connectivity index (χ4n) is 12.7. The smallest absolute Gasteiger partial charge is 0.170 e. The third-order valence-corrected chi connectivity index (χ3v) is 14.8. The summed E-state index contributed by atoms with van der Waals surface area (Å²) in [5, 5.41) is 21.3. The van der Waals surface area contributed by atoms with E-state index in [-0.39, 0.29) is 30.0 Å². The van der Waals surface area contributed by atoms with Gasteiger partial charge in [-0.25, -0.2) is 0 Å². The summed E-state index contributed by atoms with van der Waals surface area (Å²) in [6, 6.07) is 0.